The minimum Gasteiger partial charge on any atom is -0.454 e. The van der Waals surface area contributed by atoms with Gasteiger partial charge in [0.2, 0.25) is 15.9 Å². The predicted octanol–water partition coefficient (Wildman–Crippen LogP) is 2.22. The number of aliphatic imine (C=N–C) groups is 1. The van der Waals surface area contributed by atoms with E-state index in [0.717, 1.165) is 23.3 Å². The lowest BCUT2D eigenvalue weighted by Gasteiger charge is -2.36. The van der Waals surface area contributed by atoms with Crippen molar-refractivity contribution in [2.24, 2.45) is 4.99 Å². The molecule has 0 saturated carbocycles. The predicted molar refractivity (Wildman–Crippen MR) is 115 cm³/mol. The van der Waals surface area contributed by atoms with Crippen molar-refractivity contribution in [1.29, 1.82) is 0 Å². The lowest BCUT2D eigenvalue weighted by atomic mass is 10.1. The van der Waals surface area contributed by atoms with E-state index in [0.29, 0.717) is 42.7 Å². The largest absolute Gasteiger partial charge is 0.454 e. The molecule has 1 fully saturated rings. The molecule has 0 unspecified atom stereocenters. The van der Waals surface area contributed by atoms with Gasteiger partial charge in [0.15, 0.2) is 5.75 Å². The highest BCUT2D eigenvalue weighted by molar-refractivity contribution is 7.89. The number of amidine groups is 1. The van der Waals surface area contributed by atoms with Crippen molar-refractivity contribution in [2.75, 3.05) is 39.0 Å². The molecule has 2 aromatic rings. The second-order valence-electron chi connectivity index (χ2n) is 7.21. The summed E-state index contributed by atoms with van der Waals surface area (Å²) in [7, 11) is -3.55. The van der Waals surface area contributed by atoms with E-state index in [1.165, 1.54) is 0 Å². The Labute approximate surface area is 180 Å². The number of rotatable bonds is 3. The summed E-state index contributed by atoms with van der Waals surface area (Å²) in [6, 6.07) is 13.0. The Morgan fingerprint density at radius 2 is 1.87 bits per heavy atom. The highest BCUT2D eigenvalue weighted by Crippen LogP contribution is 2.38. The first-order valence-electron chi connectivity index (χ1n) is 9.42. The van der Waals surface area contributed by atoms with Crippen LogP contribution in [-0.2, 0) is 14.8 Å². The van der Waals surface area contributed by atoms with Gasteiger partial charge in [0, 0.05) is 31.2 Å². The molecule has 2 aromatic carbocycles. The number of hydrogen-bond acceptors (Lipinski definition) is 7. The summed E-state index contributed by atoms with van der Waals surface area (Å²) in [4.78, 5) is 20.8. The molecule has 30 heavy (non-hydrogen) atoms. The summed E-state index contributed by atoms with van der Waals surface area (Å²) in [5.41, 5.74) is 1.54. The van der Waals surface area contributed by atoms with Gasteiger partial charge in [0.1, 0.15) is 17.3 Å². The summed E-state index contributed by atoms with van der Waals surface area (Å²) in [5.74, 6) is 1.58. The van der Waals surface area contributed by atoms with Crippen molar-refractivity contribution in [2.45, 2.75) is 0 Å². The van der Waals surface area contributed by atoms with E-state index in [1.54, 1.807) is 6.07 Å². The summed E-state index contributed by atoms with van der Waals surface area (Å²) < 4.78 is 30.5. The number of nitrogens with one attached hydrogen (secondary N) is 1. The average molecular weight is 449 g/mol. The molecule has 8 nitrogen and oxygen atoms in total. The number of carbonyl (C=O) groups excluding carboxylic acids is 1. The molecule has 2 aliphatic rings. The quantitative estimate of drug-likeness (QED) is 0.774. The Bertz CT molecular complexity index is 1110. The molecule has 158 valence electrons. The van der Waals surface area contributed by atoms with Crippen LogP contribution in [0.15, 0.2) is 47.5 Å². The van der Waals surface area contributed by atoms with Crippen molar-refractivity contribution >= 4 is 39.1 Å². The molecular formula is C20H21ClN4O4S. The SMILES string of the molecule is CS(=O)(=O)NC(=O)CN1CCN(C2=Nc3ccccc3Oc3ccc(Cl)cc32)CC1. The van der Waals surface area contributed by atoms with Gasteiger partial charge in [-0.3, -0.25) is 14.4 Å². The van der Waals surface area contributed by atoms with Crippen molar-refractivity contribution in [1.82, 2.24) is 14.5 Å². The fourth-order valence-electron chi connectivity index (χ4n) is 3.50. The Kier molecular flexibility index (Phi) is 5.68. The topological polar surface area (TPSA) is 91.3 Å². The van der Waals surface area contributed by atoms with Crippen LogP contribution in [0, 0.1) is 0 Å². The Morgan fingerprint density at radius 1 is 1.13 bits per heavy atom. The number of sulfonamides is 1. The number of nitrogens with zero attached hydrogens (tertiary/aromatic N) is 3. The zero-order chi connectivity index (χ0) is 21.3. The fourth-order valence-corrected chi connectivity index (χ4v) is 4.15. The van der Waals surface area contributed by atoms with Crippen LogP contribution in [0.2, 0.25) is 5.02 Å². The van der Waals surface area contributed by atoms with Crippen molar-refractivity contribution < 1.29 is 17.9 Å². The summed E-state index contributed by atoms with van der Waals surface area (Å²) >= 11 is 6.25. The monoisotopic (exact) mass is 448 g/mol. The maximum atomic E-state index is 11.9. The average Bonchev–Trinajstić information content (AvgIpc) is 2.84. The molecule has 0 aliphatic carbocycles. The molecule has 1 saturated heterocycles. The number of halogens is 1. The molecular weight excluding hydrogens is 428 g/mol. The number of carbonyl (C=O) groups is 1. The van der Waals surface area contributed by atoms with Crippen LogP contribution in [0.4, 0.5) is 5.69 Å². The van der Waals surface area contributed by atoms with Gasteiger partial charge < -0.3 is 9.64 Å². The van der Waals surface area contributed by atoms with Gasteiger partial charge in [0.25, 0.3) is 0 Å². The highest BCUT2D eigenvalue weighted by atomic mass is 35.5. The Morgan fingerprint density at radius 3 is 2.60 bits per heavy atom. The van der Waals surface area contributed by atoms with Crippen LogP contribution in [0.3, 0.4) is 0 Å². The van der Waals surface area contributed by atoms with E-state index in [4.69, 9.17) is 21.3 Å². The molecule has 0 bridgehead atoms. The lowest BCUT2D eigenvalue weighted by molar-refractivity contribution is -0.120. The smallest absolute Gasteiger partial charge is 0.247 e. The van der Waals surface area contributed by atoms with E-state index in [1.807, 2.05) is 46.0 Å². The van der Waals surface area contributed by atoms with E-state index < -0.39 is 15.9 Å². The maximum absolute atomic E-state index is 11.9. The van der Waals surface area contributed by atoms with Crippen molar-refractivity contribution in [3.05, 3.63) is 53.1 Å². The number of piperazine rings is 1. The van der Waals surface area contributed by atoms with Crippen LogP contribution in [-0.4, -0.2) is 68.9 Å². The summed E-state index contributed by atoms with van der Waals surface area (Å²) in [6.45, 7) is 2.46. The van der Waals surface area contributed by atoms with Crippen LogP contribution >= 0.6 is 11.6 Å². The highest BCUT2D eigenvalue weighted by Gasteiger charge is 2.27. The number of hydrogen-bond donors (Lipinski definition) is 1. The minimum atomic E-state index is -3.55. The minimum absolute atomic E-state index is 0.0295. The van der Waals surface area contributed by atoms with Crippen molar-refractivity contribution in [3.8, 4) is 11.5 Å². The van der Waals surface area contributed by atoms with Gasteiger partial charge in [-0.15, -0.1) is 0 Å². The first-order chi connectivity index (χ1) is 14.3. The molecule has 1 N–H and O–H groups in total. The molecule has 0 atom stereocenters. The summed E-state index contributed by atoms with van der Waals surface area (Å²) in [5, 5.41) is 0.590. The zero-order valence-corrected chi connectivity index (χ0v) is 17.9. The Balaban J connectivity index is 1.55. The van der Waals surface area contributed by atoms with Crippen LogP contribution in [0.1, 0.15) is 5.56 Å². The molecule has 1 amide bonds. The lowest BCUT2D eigenvalue weighted by Crippen LogP contribution is -2.51. The third-order valence-corrected chi connectivity index (χ3v) is 5.67. The van der Waals surface area contributed by atoms with Crippen LogP contribution in [0.5, 0.6) is 11.5 Å². The van der Waals surface area contributed by atoms with Crippen LogP contribution in [0.25, 0.3) is 0 Å². The molecule has 0 spiro atoms. The molecule has 0 radical (unpaired) electrons. The van der Waals surface area contributed by atoms with Crippen LogP contribution < -0.4 is 9.46 Å². The normalized spacial score (nSPS) is 16.6. The first-order valence-corrected chi connectivity index (χ1v) is 11.7. The number of benzene rings is 2. The van der Waals surface area contributed by atoms with E-state index in [2.05, 4.69) is 4.90 Å². The van der Waals surface area contributed by atoms with E-state index >= 15 is 0 Å². The summed E-state index contributed by atoms with van der Waals surface area (Å²) in [6.07, 6.45) is 0.968. The number of fused-ring (bicyclic) bond motifs is 2. The van der Waals surface area contributed by atoms with Gasteiger partial charge >= 0.3 is 0 Å². The van der Waals surface area contributed by atoms with Gasteiger partial charge in [-0.1, -0.05) is 23.7 Å². The standard InChI is InChI=1S/C20H21ClN4O4S/c1-30(27,28)23-19(26)13-24-8-10-25(11-9-24)20-15-12-14(21)6-7-17(15)29-18-5-3-2-4-16(18)22-20/h2-7,12H,8-11,13H2,1H3,(H,23,26). The fraction of sp³-hybridized carbons (Fsp3) is 0.300. The third kappa shape index (κ3) is 4.75. The van der Waals surface area contributed by atoms with E-state index in [9.17, 15) is 13.2 Å². The molecule has 4 rings (SSSR count). The Hall–Kier alpha value is -2.62. The number of para-hydroxylation sites is 2. The maximum Gasteiger partial charge on any atom is 0.247 e. The molecule has 10 heteroatoms. The molecule has 2 aliphatic heterocycles. The first kappa shape index (κ1) is 20.6. The van der Waals surface area contributed by atoms with Gasteiger partial charge in [-0.25, -0.2) is 13.4 Å². The zero-order valence-electron chi connectivity index (χ0n) is 16.3. The van der Waals surface area contributed by atoms with Gasteiger partial charge in [-0.2, -0.15) is 0 Å². The van der Waals surface area contributed by atoms with Crippen molar-refractivity contribution in [3.63, 3.8) is 0 Å². The van der Waals surface area contributed by atoms with Gasteiger partial charge in [0.05, 0.1) is 18.4 Å². The van der Waals surface area contributed by atoms with Gasteiger partial charge in [-0.05, 0) is 30.3 Å². The second-order valence-corrected chi connectivity index (χ2v) is 9.39. The molecule has 2 heterocycles. The molecule has 0 aromatic heterocycles. The number of ether oxygens (including phenoxy) is 1. The second kappa shape index (κ2) is 8.25. The van der Waals surface area contributed by atoms with E-state index in [-0.39, 0.29) is 6.54 Å². The number of amides is 1. The third-order valence-electron chi connectivity index (χ3n) is 4.83.